The van der Waals surface area contributed by atoms with E-state index in [0.29, 0.717) is 11.3 Å². The molecule has 0 aliphatic carbocycles. The molecule has 0 aliphatic heterocycles. The number of nitrogens with one attached hydrogen (secondary N) is 1. The van der Waals surface area contributed by atoms with Crippen molar-refractivity contribution in [2.75, 3.05) is 0 Å². The summed E-state index contributed by atoms with van der Waals surface area (Å²) in [5.41, 5.74) is 2.30. The molecule has 0 atom stereocenters. The summed E-state index contributed by atoms with van der Waals surface area (Å²) in [4.78, 5) is 13.5. The van der Waals surface area contributed by atoms with Crippen molar-refractivity contribution < 1.29 is 8.81 Å². The summed E-state index contributed by atoms with van der Waals surface area (Å²) in [6.07, 6.45) is 1.75. The third-order valence-corrected chi connectivity index (χ3v) is 3.55. The van der Waals surface area contributed by atoms with Gasteiger partial charge in [0.2, 0.25) is 0 Å². The molecule has 0 saturated carbocycles. The number of hydrogen-bond acceptors (Lipinski definition) is 4. The molecule has 2 aromatic carbocycles. The highest BCUT2D eigenvalue weighted by molar-refractivity contribution is 5.73. The second-order valence-electron chi connectivity index (χ2n) is 5.09. The fourth-order valence-electron chi connectivity index (χ4n) is 2.44. The van der Waals surface area contributed by atoms with Crippen LogP contribution in [0.1, 0.15) is 5.56 Å². The van der Waals surface area contributed by atoms with Gasteiger partial charge in [-0.15, -0.1) is 5.10 Å². The van der Waals surface area contributed by atoms with Gasteiger partial charge >= 0.3 is 5.76 Å². The van der Waals surface area contributed by atoms with E-state index in [4.69, 9.17) is 4.42 Å². The van der Waals surface area contributed by atoms with E-state index in [-0.39, 0.29) is 17.6 Å². The van der Waals surface area contributed by atoms with E-state index in [1.807, 2.05) is 30.3 Å². The zero-order valence-corrected chi connectivity index (χ0v) is 11.9. The lowest BCUT2D eigenvalue weighted by atomic mass is 10.1. The first-order chi connectivity index (χ1) is 11.2. The molecule has 0 bridgehead atoms. The Bertz CT molecular complexity index is 1030. The van der Waals surface area contributed by atoms with E-state index in [0.717, 1.165) is 5.56 Å². The summed E-state index contributed by atoms with van der Waals surface area (Å²) in [5, 5.41) is 8.11. The van der Waals surface area contributed by atoms with Gasteiger partial charge in [0.1, 0.15) is 11.2 Å². The number of aromatic amines is 1. The first kappa shape index (κ1) is 13.4. The Hall–Kier alpha value is -3.22. The van der Waals surface area contributed by atoms with Gasteiger partial charge in [0.15, 0.2) is 11.4 Å². The van der Waals surface area contributed by atoms with E-state index in [1.54, 1.807) is 23.0 Å². The SMILES string of the molecule is O=c1[nH]c2c(F)c(Cn3cc(-c4ccccc4)nn3)ccc2o1. The van der Waals surface area contributed by atoms with Crippen LogP contribution in [0.25, 0.3) is 22.4 Å². The first-order valence-electron chi connectivity index (χ1n) is 6.96. The van der Waals surface area contributed by atoms with Crippen LogP contribution in [0.4, 0.5) is 4.39 Å². The van der Waals surface area contributed by atoms with Crippen LogP contribution in [-0.2, 0) is 6.54 Å². The molecule has 23 heavy (non-hydrogen) atoms. The smallest absolute Gasteiger partial charge is 0.408 e. The number of benzene rings is 2. The van der Waals surface area contributed by atoms with Crippen molar-refractivity contribution in [3.63, 3.8) is 0 Å². The molecular formula is C16H11FN4O2. The minimum absolute atomic E-state index is 0.0656. The maximum Gasteiger partial charge on any atom is 0.417 e. The lowest BCUT2D eigenvalue weighted by Crippen LogP contribution is -2.03. The molecule has 0 unspecified atom stereocenters. The van der Waals surface area contributed by atoms with Gasteiger partial charge in [-0.05, 0) is 6.07 Å². The van der Waals surface area contributed by atoms with E-state index >= 15 is 0 Å². The Morgan fingerprint density at radius 2 is 2.00 bits per heavy atom. The van der Waals surface area contributed by atoms with Crippen molar-refractivity contribution in [3.8, 4) is 11.3 Å². The topological polar surface area (TPSA) is 76.7 Å². The fourth-order valence-corrected chi connectivity index (χ4v) is 2.44. The summed E-state index contributed by atoms with van der Waals surface area (Å²) in [6.45, 7) is 0.203. The second kappa shape index (κ2) is 5.20. The van der Waals surface area contributed by atoms with Crippen LogP contribution < -0.4 is 5.76 Å². The van der Waals surface area contributed by atoms with Gasteiger partial charge < -0.3 is 4.42 Å². The van der Waals surface area contributed by atoms with Crippen LogP contribution in [0, 0.1) is 5.82 Å². The van der Waals surface area contributed by atoms with Crippen LogP contribution in [-0.4, -0.2) is 20.0 Å². The molecule has 0 spiro atoms. The molecular weight excluding hydrogens is 299 g/mol. The Kier molecular flexibility index (Phi) is 3.04. The third kappa shape index (κ3) is 2.42. The lowest BCUT2D eigenvalue weighted by Gasteiger charge is -2.02. The summed E-state index contributed by atoms with van der Waals surface area (Å²) >= 11 is 0. The van der Waals surface area contributed by atoms with Crippen LogP contribution in [0.2, 0.25) is 0 Å². The average Bonchev–Trinajstić information content (AvgIpc) is 3.18. The van der Waals surface area contributed by atoms with Crippen molar-refractivity contribution in [1.82, 2.24) is 20.0 Å². The minimum Gasteiger partial charge on any atom is -0.408 e. The van der Waals surface area contributed by atoms with Gasteiger partial charge in [-0.3, -0.25) is 4.98 Å². The molecule has 1 N–H and O–H groups in total. The van der Waals surface area contributed by atoms with Crippen LogP contribution in [0.3, 0.4) is 0 Å². The van der Waals surface area contributed by atoms with E-state index in [2.05, 4.69) is 15.3 Å². The van der Waals surface area contributed by atoms with Gasteiger partial charge in [0.25, 0.3) is 0 Å². The maximum atomic E-state index is 14.4. The van der Waals surface area contributed by atoms with E-state index in [9.17, 15) is 9.18 Å². The number of fused-ring (bicyclic) bond motifs is 1. The number of rotatable bonds is 3. The molecule has 4 aromatic rings. The summed E-state index contributed by atoms with van der Waals surface area (Å²) in [6, 6.07) is 12.7. The van der Waals surface area contributed by atoms with Crippen molar-refractivity contribution >= 4 is 11.1 Å². The number of halogens is 1. The van der Waals surface area contributed by atoms with E-state index < -0.39 is 11.6 Å². The van der Waals surface area contributed by atoms with Gasteiger partial charge in [-0.1, -0.05) is 41.6 Å². The van der Waals surface area contributed by atoms with Gasteiger partial charge in [0, 0.05) is 11.1 Å². The predicted octanol–water partition coefficient (Wildman–Crippen LogP) is 2.57. The Labute approximate surface area is 129 Å². The molecule has 0 amide bonds. The molecule has 2 aromatic heterocycles. The van der Waals surface area contributed by atoms with Crippen LogP contribution in [0.5, 0.6) is 0 Å². The quantitative estimate of drug-likeness (QED) is 0.631. The molecule has 2 heterocycles. The molecule has 0 fully saturated rings. The average molecular weight is 310 g/mol. The molecule has 0 saturated heterocycles. The molecule has 0 radical (unpaired) electrons. The van der Waals surface area contributed by atoms with Crippen molar-refractivity contribution in [2.24, 2.45) is 0 Å². The molecule has 7 heteroatoms. The number of H-pyrrole nitrogens is 1. The zero-order chi connectivity index (χ0) is 15.8. The number of hydrogen-bond donors (Lipinski definition) is 1. The zero-order valence-electron chi connectivity index (χ0n) is 11.9. The Morgan fingerprint density at radius 3 is 2.83 bits per heavy atom. The third-order valence-electron chi connectivity index (χ3n) is 3.55. The second-order valence-corrected chi connectivity index (χ2v) is 5.09. The van der Waals surface area contributed by atoms with Crippen molar-refractivity contribution in [1.29, 1.82) is 0 Å². The summed E-state index contributed by atoms with van der Waals surface area (Å²) in [5.74, 6) is -1.20. The van der Waals surface area contributed by atoms with Crippen molar-refractivity contribution in [3.05, 3.63) is 70.6 Å². The van der Waals surface area contributed by atoms with Gasteiger partial charge in [-0.25, -0.2) is 13.9 Å². The highest BCUT2D eigenvalue weighted by Crippen LogP contribution is 2.20. The molecule has 0 aliphatic rings. The Morgan fingerprint density at radius 1 is 1.17 bits per heavy atom. The normalized spacial score (nSPS) is 11.2. The maximum absolute atomic E-state index is 14.4. The largest absolute Gasteiger partial charge is 0.417 e. The van der Waals surface area contributed by atoms with Crippen molar-refractivity contribution in [2.45, 2.75) is 6.54 Å². The predicted molar refractivity (Wildman–Crippen MR) is 81.4 cm³/mol. The van der Waals surface area contributed by atoms with Crippen LogP contribution >= 0.6 is 0 Å². The lowest BCUT2D eigenvalue weighted by molar-refractivity contribution is 0.554. The monoisotopic (exact) mass is 310 g/mol. The van der Waals surface area contributed by atoms with Crippen LogP contribution in [0.15, 0.2) is 57.9 Å². The van der Waals surface area contributed by atoms with Gasteiger partial charge in [-0.2, -0.15) is 0 Å². The first-order valence-corrected chi connectivity index (χ1v) is 6.96. The molecule has 114 valence electrons. The number of nitrogens with zero attached hydrogens (tertiary/aromatic N) is 3. The number of aromatic nitrogens is 4. The summed E-state index contributed by atoms with van der Waals surface area (Å²) in [7, 11) is 0. The van der Waals surface area contributed by atoms with Gasteiger partial charge in [0.05, 0.1) is 12.7 Å². The molecule has 4 rings (SSSR count). The minimum atomic E-state index is -0.678. The standard InChI is InChI=1S/C16H11FN4O2/c17-14-11(6-7-13-15(14)18-16(22)23-13)8-21-9-12(19-20-21)10-4-2-1-3-5-10/h1-7,9H,8H2,(H,18,22). The fraction of sp³-hybridized carbons (Fsp3) is 0.0625. The molecule has 6 nitrogen and oxygen atoms in total. The highest BCUT2D eigenvalue weighted by Gasteiger charge is 2.13. The summed E-state index contributed by atoms with van der Waals surface area (Å²) < 4.78 is 20.8. The number of oxazole rings is 1. The highest BCUT2D eigenvalue weighted by atomic mass is 19.1. The Balaban J connectivity index is 1.67. The van der Waals surface area contributed by atoms with E-state index in [1.165, 1.54) is 0 Å².